The second-order valence-corrected chi connectivity index (χ2v) is 5.74. The van der Waals surface area contributed by atoms with Crippen molar-refractivity contribution >= 4 is 23.1 Å². The van der Waals surface area contributed by atoms with Crippen LogP contribution >= 0.6 is 0 Å². The summed E-state index contributed by atoms with van der Waals surface area (Å²) < 4.78 is 27.6. The third-order valence-corrected chi connectivity index (χ3v) is 4.13. The molecule has 3 aromatic rings. The van der Waals surface area contributed by atoms with Gasteiger partial charge in [-0.25, -0.2) is 8.78 Å². The molecule has 2 heterocycles. The van der Waals surface area contributed by atoms with Crippen LogP contribution in [0.3, 0.4) is 0 Å². The van der Waals surface area contributed by atoms with Crippen LogP contribution in [0.1, 0.15) is 12.0 Å². The van der Waals surface area contributed by atoms with Gasteiger partial charge in [0.05, 0.1) is 6.20 Å². The lowest BCUT2D eigenvalue weighted by molar-refractivity contribution is 0.590. The fraction of sp³-hybridized carbons (Fsp3) is 0.167. The number of fused-ring (bicyclic) bond motifs is 1. The SMILES string of the molecule is Fc1cccc(F)c1Nc1nncc(N2CCCc3ccccc32)n1. The molecule has 0 saturated carbocycles. The van der Waals surface area contributed by atoms with Crippen molar-refractivity contribution in [2.75, 3.05) is 16.8 Å². The number of benzene rings is 2. The van der Waals surface area contributed by atoms with Gasteiger partial charge in [0.15, 0.2) is 5.82 Å². The summed E-state index contributed by atoms with van der Waals surface area (Å²) in [6.45, 7) is 0.795. The van der Waals surface area contributed by atoms with E-state index >= 15 is 0 Å². The highest BCUT2D eigenvalue weighted by Gasteiger charge is 2.20. The van der Waals surface area contributed by atoms with Crippen LogP contribution in [0.15, 0.2) is 48.7 Å². The lowest BCUT2D eigenvalue weighted by Crippen LogP contribution is -2.25. The Bertz CT molecular complexity index is 895. The summed E-state index contributed by atoms with van der Waals surface area (Å²) in [5, 5.41) is 10.3. The van der Waals surface area contributed by atoms with Gasteiger partial charge in [-0.2, -0.15) is 10.1 Å². The number of aromatic nitrogens is 3. The number of nitrogens with one attached hydrogen (secondary N) is 1. The molecule has 0 spiro atoms. The summed E-state index contributed by atoms with van der Waals surface area (Å²) in [7, 11) is 0. The first-order valence-corrected chi connectivity index (χ1v) is 7.98. The Morgan fingerprint density at radius 2 is 1.80 bits per heavy atom. The second kappa shape index (κ2) is 6.43. The van der Waals surface area contributed by atoms with Crippen molar-refractivity contribution < 1.29 is 8.78 Å². The van der Waals surface area contributed by atoms with E-state index in [4.69, 9.17) is 0 Å². The number of hydrogen-bond donors (Lipinski definition) is 1. The van der Waals surface area contributed by atoms with E-state index in [2.05, 4.69) is 26.6 Å². The highest BCUT2D eigenvalue weighted by atomic mass is 19.1. The Morgan fingerprint density at radius 3 is 2.64 bits per heavy atom. The molecule has 0 atom stereocenters. The first-order chi connectivity index (χ1) is 12.2. The summed E-state index contributed by atoms with van der Waals surface area (Å²) in [6, 6.07) is 11.7. The first-order valence-electron chi connectivity index (χ1n) is 7.98. The van der Waals surface area contributed by atoms with Gasteiger partial charge in [-0.1, -0.05) is 24.3 Å². The predicted molar refractivity (Wildman–Crippen MR) is 91.2 cm³/mol. The van der Waals surface area contributed by atoms with Crippen LogP contribution in [0, 0.1) is 11.6 Å². The molecular weight excluding hydrogens is 324 g/mol. The number of nitrogens with zero attached hydrogens (tertiary/aromatic N) is 4. The molecule has 7 heteroatoms. The number of halogens is 2. The maximum absolute atomic E-state index is 13.8. The number of para-hydroxylation sites is 2. The van der Waals surface area contributed by atoms with E-state index in [-0.39, 0.29) is 11.6 Å². The smallest absolute Gasteiger partial charge is 0.249 e. The monoisotopic (exact) mass is 339 g/mol. The summed E-state index contributed by atoms with van der Waals surface area (Å²) in [5.41, 5.74) is 2.01. The Hall–Kier alpha value is -3.09. The Balaban J connectivity index is 1.67. The van der Waals surface area contributed by atoms with Gasteiger partial charge < -0.3 is 10.2 Å². The van der Waals surface area contributed by atoms with E-state index in [0.29, 0.717) is 5.82 Å². The Kier molecular flexibility index (Phi) is 3.97. The van der Waals surface area contributed by atoms with E-state index in [0.717, 1.165) is 25.1 Å². The highest BCUT2D eigenvalue weighted by molar-refractivity contribution is 5.66. The molecule has 2 aromatic carbocycles. The van der Waals surface area contributed by atoms with Crippen LogP contribution in [0.2, 0.25) is 0 Å². The summed E-state index contributed by atoms with van der Waals surface area (Å²) in [5.74, 6) is -0.791. The predicted octanol–water partition coefficient (Wildman–Crippen LogP) is 3.98. The summed E-state index contributed by atoms with van der Waals surface area (Å²) >= 11 is 0. The van der Waals surface area contributed by atoms with Crippen molar-refractivity contribution in [2.45, 2.75) is 12.8 Å². The fourth-order valence-electron chi connectivity index (χ4n) is 2.98. The number of aryl methyl sites for hydroxylation is 1. The van der Waals surface area contributed by atoms with Crippen LogP contribution in [0.25, 0.3) is 0 Å². The maximum atomic E-state index is 13.8. The van der Waals surface area contributed by atoms with Crippen LogP contribution in [0.5, 0.6) is 0 Å². The lowest BCUT2D eigenvalue weighted by atomic mass is 10.0. The minimum Gasteiger partial charge on any atom is -0.325 e. The molecule has 0 amide bonds. The molecule has 1 aliphatic rings. The molecule has 4 rings (SSSR count). The van der Waals surface area contributed by atoms with Gasteiger partial charge in [-0.3, -0.25) is 0 Å². The Labute approximate surface area is 143 Å². The molecular formula is C18H15F2N5. The van der Waals surface area contributed by atoms with E-state index in [9.17, 15) is 8.78 Å². The number of rotatable bonds is 3. The molecule has 126 valence electrons. The van der Waals surface area contributed by atoms with Gasteiger partial charge >= 0.3 is 0 Å². The van der Waals surface area contributed by atoms with Crippen LogP contribution < -0.4 is 10.2 Å². The largest absolute Gasteiger partial charge is 0.325 e. The fourth-order valence-corrected chi connectivity index (χ4v) is 2.98. The van der Waals surface area contributed by atoms with Gasteiger partial charge in [0.2, 0.25) is 5.95 Å². The molecule has 0 unspecified atom stereocenters. The topological polar surface area (TPSA) is 53.9 Å². The molecule has 0 bridgehead atoms. The molecule has 5 nitrogen and oxygen atoms in total. The average Bonchev–Trinajstić information content (AvgIpc) is 2.65. The minimum atomic E-state index is -0.711. The van der Waals surface area contributed by atoms with Crippen molar-refractivity contribution in [1.29, 1.82) is 0 Å². The van der Waals surface area contributed by atoms with Gasteiger partial charge in [-0.15, -0.1) is 5.10 Å². The Morgan fingerprint density at radius 1 is 1.00 bits per heavy atom. The summed E-state index contributed by atoms with van der Waals surface area (Å²) in [4.78, 5) is 6.42. The van der Waals surface area contributed by atoms with Crippen molar-refractivity contribution in [1.82, 2.24) is 15.2 Å². The molecule has 1 aliphatic heterocycles. The van der Waals surface area contributed by atoms with Gasteiger partial charge in [0, 0.05) is 12.2 Å². The van der Waals surface area contributed by atoms with Crippen LogP contribution in [0.4, 0.5) is 31.9 Å². The third-order valence-electron chi connectivity index (χ3n) is 4.13. The minimum absolute atomic E-state index is 0.0459. The van der Waals surface area contributed by atoms with E-state index in [1.54, 1.807) is 6.20 Å². The third kappa shape index (κ3) is 3.00. The molecule has 0 aliphatic carbocycles. The van der Waals surface area contributed by atoms with Gasteiger partial charge in [0.25, 0.3) is 0 Å². The number of hydrogen-bond acceptors (Lipinski definition) is 5. The van der Waals surface area contributed by atoms with Gasteiger partial charge in [0.1, 0.15) is 17.3 Å². The second-order valence-electron chi connectivity index (χ2n) is 5.74. The zero-order chi connectivity index (χ0) is 17.2. The van der Waals surface area contributed by atoms with Crippen molar-refractivity contribution in [3.63, 3.8) is 0 Å². The van der Waals surface area contributed by atoms with Crippen molar-refractivity contribution in [3.05, 3.63) is 65.9 Å². The first kappa shape index (κ1) is 15.4. The van der Waals surface area contributed by atoms with E-state index in [1.165, 1.54) is 23.8 Å². The summed E-state index contributed by atoms with van der Waals surface area (Å²) in [6.07, 6.45) is 3.55. The quantitative estimate of drug-likeness (QED) is 0.782. The maximum Gasteiger partial charge on any atom is 0.249 e. The van der Waals surface area contributed by atoms with Gasteiger partial charge in [-0.05, 0) is 36.6 Å². The van der Waals surface area contributed by atoms with Crippen molar-refractivity contribution in [2.24, 2.45) is 0 Å². The van der Waals surface area contributed by atoms with Crippen LogP contribution in [-0.2, 0) is 6.42 Å². The highest BCUT2D eigenvalue weighted by Crippen LogP contribution is 2.32. The molecule has 0 saturated heterocycles. The molecule has 1 aromatic heterocycles. The molecule has 1 N–H and O–H groups in total. The standard InChI is InChI=1S/C18H15F2N5/c19-13-7-3-8-14(20)17(13)23-18-22-16(11-21-24-18)25-10-4-6-12-5-1-2-9-15(12)25/h1-3,5,7-9,11H,4,6,10H2,(H,22,23,24). The molecule has 0 radical (unpaired) electrons. The number of anilines is 4. The average molecular weight is 339 g/mol. The van der Waals surface area contributed by atoms with Crippen molar-refractivity contribution in [3.8, 4) is 0 Å². The zero-order valence-electron chi connectivity index (χ0n) is 13.3. The molecule has 25 heavy (non-hydrogen) atoms. The van der Waals surface area contributed by atoms with E-state index in [1.807, 2.05) is 23.1 Å². The molecule has 0 fully saturated rings. The van der Waals surface area contributed by atoms with E-state index < -0.39 is 11.6 Å². The lowest BCUT2D eigenvalue weighted by Gasteiger charge is -2.30. The zero-order valence-corrected chi connectivity index (χ0v) is 13.3. The normalized spacial score (nSPS) is 13.4. The van der Waals surface area contributed by atoms with Crippen LogP contribution in [-0.4, -0.2) is 21.7 Å².